The molecule has 0 radical (unpaired) electrons. The Labute approximate surface area is 96.2 Å². The fourth-order valence-electron chi connectivity index (χ4n) is 2.49. The molecule has 0 aromatic heterocycles. The molecule has 2 saturated carbocycles. The summed E-state index contributed by atoms with van der Waals surface area (Å²) in [5.74, 6) is 0. The van der Waals surface area contributed by atoms with Gasteiger partial charge in [-0.25, -0.2) is 0 Å². The van der Waals surface area contributed by atoms with Gasteiger partial charge in [0.25, 0.3) is 0 Å². The van der Waals surface area contributed by atoms with Crippen molar-refractivity contribution in [3.8, 4) is 0 Å². The normalized spacial score (nSPS) is 24.1. The summed E-state index contributed by atoms with van der Waals surface area (Å²) >= 11 is 0. The summed E-state index contributed by atoms with van der Waals surface area (Å²) in [6, 6.07) is 8.40. The van der Waals surface area contributed by atoms with E-state index in [1.165, 1.54) is 11.1 Å². The quantitative estimate of drug-likeness (QED) is 0.840. The number of benzene rings is 1. The van der Waals surface area contributed by atoms with Gasteiger partial charge in [-0.3, -0.25) is 0 Å². The first kappa shape index (κ1) is 10.3. The minimum absolute atomic E-state index is 0.0398. The number of ether oxygens (including phenoxy) is 1. The molecular weight excluding hydrogens is 200 g/mol. The van der Waals surface area contributed by atoms with Crippen LogP contribution in [0.2, 0.25) is 0 Å². The highest BCUT2D eigenvalue weighted by Gasteiger charge is 2.48. The van der Waals surface area contributed by atoms with E-state index in [9.17, 15) is 5.11 Å². The van der Waals surface area contributed by atoms with Gasteiger partial charge in [0.05, 0.1) is 11.2 Å². The largest absolute Gasteiger partial charge is 0.390 e. The lowest BCUT2D eigenvalue weighted by Crippen LogP contribution is -2.17. The molecule has 2 fully saturated rings. The standard InChI is InChI=1S/C14H18O2/c1-16-14(8-9-14)12-5-3-2-4-11(12)10-13(15)6-7-13/h2-5,15H,6-10H2,1H3. The van der Waals surface area contributed by atoms with Gasteiger partial charge in [-0.1, -0.05) is 24.3 Å². The van der Waals surface area contributed by atoms with Crippen LogP contribution in [-0.4, -0.2) is 17.8 Å². The maximum atomic E-state index is 10.0. The van der Waals surface area contributed by atoms with Crippen LogP contribution in [-0.2, 0) is 16.8 Å². The second kappa shape index (κ2) is 3.31. The summed E-state index contributed by atoms with van der Waals surface area (Å²) in [7, 11) is 1.79. The van der Waals surface area contributed by atoms with E-state index in [0.717, 1.165) is 32.1 Å². The van der Waals surface area contributed by atoms with Crippen molar-refractivity contribution in [1.82, 2.24) is 0 Å². The molecule has 3 rings (SSSR count). The predicted molar refractivity (Wildman–Crippen MR) is 62.3 cm³/mol. The highest BCUT2D eigenvalue weighted by atomic mass is 16.5. The van der Waals surface area contributed by atoms with E-state index >= 15 is 0 Å². The van der Waals surface area contributed by atoms with Crippen LogP contribution >= 0.6 is 0 Å². The van der Waals surface area contributed by atoms with Gasteiger partial charge in [-0.15, -0.1) is 0 Å². The summed E-state index contributed by atoms with van der Waals surface area (Å²) in [5, 5.41) is 10.0. The van der Waals surface area contributed by atoms with Crippen LogP contribution in [0.1, 0.15) is 36.8 Å². The minimum Gasteiger partial charge on any atom is -0.390 e. The number of methoxy groups -OCH3 is 1. The van der Waals surface area contributed by atoms with E-state index in [-0.39, 0.29) is 5.60 Å². The molecule has 1 aromatic rings. The fourth-order valence-corrected chi connectivity index (χ4v) is 2.49. The highest BCUT2D eigenvalue weighted by molar-refractivity contribution is 5.37. The van der Waals surface area contributed by atoms with Crippen molar-refractivity contribution in [3.05, 3.63) is 35.4 Å². The van der Waals surface area contributed by atoms with Gasteiger partial charge in [0.15, 0.2) is 0 Å². The zero-order valence-electron chi connectivity index (χ0n) is 9.70. The van der Waals surface area contributed by atoms with Gasteiger partial charge in [0, 0.05) is 13.5 Å². The first-order valence-corrected chi connectivity index (χ1v) is 6.03. The number of hydrogen-bond donors (Lipinski definition) is 1. The van der Waals surface area contributed by atoms with Crippen LogP contribution in [0, 0.1) is 0 Å². The van der Waals surface area contributed by atoms with Gasteiger partial charge in [0.2, 0.25) is 0 Å². The SMILES string of the molecule is COC1(c2ccccc2CC2(O)CC2)CC1. The first-order valence-electron chi connectivity index (χ1n) is 6.03. The summed E-state index contributed by atoms with van der Waals surface area (Å²) in [6.45, 7) is 0. The zero-order valence-corrected chi connectivity index (χ0v) is 9.70. The van der Waals surface area contributed by atoms with Crippen LogP contribution in [0.5, 0.6) is 0 Å². The van der Waals surface area contributed by atoms with Crippen LogP contribution in [0.15, 0.2) is 24.3 Å². The lowest BCUT2D eigenvalue weighted by Gasteiger charge is -2.19. The van der Waals surface area contributed by atoms with E-state index in [4.69, 9.17) is 4.74 Å². The molecule has 0 atom stereocenters. The molecule has 0 saturated heterocycles. The monoisotopic (exact) mass is 218 g/mol. The van der Waals surface area contributed by atoms with E-state index in [2.05, 4.69) is 24.3 Å². The Morgan fingerprint density at radius 1 is 1.19 bits per heavy atom. The number of rotatable bonds is 4. The Morgan fingerprint density at radius 3 is 2.44 bits per heavy atom. The molecule has 1 aromatic carbocycles. The van der Waals surface area contributed by atoms with Crippen LogP contribution < -0.4 is 0 Å². The Hall–Kier alpha value is -0.860. The number of hydrogen-bond acceptors (Lipinski definition) is 2. The van der Waals surface area contributed by atoms with E-state index in [0.29, 0.717) is 0 Å². The molecule has 16 heavy (non-hydrogen) atoms. The summed E-state index contributed by atoms with van der Waals surface area (Å²) in [4.78, 5) is 0. The van der Waals surface area contributed by atoms with Gasteiger partial charge < -0.3 is 9.84 Å². The maximum absolute atomic E-state index is 10.0. The van der Waals surface area contributed by atoms with E-state index < -0.39 is 5.60 Å². The third kappa shape index (κ3) is 1.66. The molecule has 1 N–H and O–H groups in total. The average Bonchev–Trinajstić information content (AvgIpc) is 3.18. The van der Waals surface area contributed by atoms with Gasteiger partial charge in [0.1, 0.15) is 0 Å². The van der Waals surface area contributed by atoms with Crippen molar-refractivity contribution in [2.45, 2.75) is 43.3 Å². The molecule has 2 aliphatic carbocycles. The lowest BCUT2D eigenvalue weighted by molar-refractivity contribution is 0.0769. The zero-order chi connectivity index (χ0) is 11.2. The Morgan fingerprint density at radius 2 is 1.88 bits per heavy atom. The molecule has 2 heteroatoms. The summed E-state index contributed by atoms with van der Waals surface area (Å²) in [5.41, 5.74) is 2.10. The van der Waals surface area contributed by atoms with Crippen molar-refractivity contribution < 1.29 is 9.84 Å². The number of aliphatic hydroxyl groups is 1. The highest BCUT2D eigenvalue weighted by Crippen LogP contribution is 2.51. The maximum Gasteiger partial charge on any atom is 0.0932 e. The molecule has 0 aliphatic heterocycles. The molecule has 0 bridgehead atoms. The molecule has 86 valence electrons. The van der Waals surface area contributed by atoms with Gasteiger partial charge in [-0.05, 0) is 36.8 Å². The fraction of sp³-hybridized carbons (Fsp3) is 0.571. The second-order valence-corrected chi connectivity index (χ2v) is 5.26. The third-order valence-corrected chi connectivity index (χ3v) is 3.95. The average molecular weight is 218 g/mol. The van der Waals surface area contributed by atoms with Crippen LogP contribution in [0.3, 0.4) is 0 Å². The minimum atomic E-state index is -0.417. The third-order valence-electron chi connectivity index (χ3n) is 3.95. The molecule has 0 heterocycles. The molecule has 0 unspecified atom stereocenters. The van der Waals surface area contributed by atoms with Gasteiger partial charge in [-0.2, -0.15) is 0 Å². The van der Waals surface area contributed by atoms with Crippen molar-refractivity contribution in [1.29, 1.82) is 0 Å². The molecule has 0 amide bonds. The van der Waals surface area contributed by atoms with Crippen molar-refractivity contribution in [2.24, 2.45) is 0 Å². The summed E-state index contributed by atoms with van der Waals surface area (Å²) in [6.07, 6.45) is 4.90. The topological polar surface area (TPSA) is 29.5 Å². The van der Waals surface area contributed by atoms with Crippen LogP contribution in [0.25, 0.3) is 0 Å². The smallest absolute Gasteiger partial charge is 0.0932 e. The molecule has 0 spiro atoms. The van der Waals surface area contributed by atoms with Gasteiger partial charge >= 0.3 is 0 Å². The lowest BCUT2D eigenvalue weighted by atomic mass is 9.95. The van der Waals surface area contributed by atoms with Crippen LogP contribution in [0.4, 0.5) is 0 Å². The van der Waals surface area contributed by atoms with E-state index in [1.54, 1.807) is 7.11 Å². The molecule has 2 nitrogen and oxygen atoms in total. The van der Waals surface area contributed by atoms with Crippen molar-refractivity contribution in [2.75, 3.05) is 7.11 Å². The Kier molecular flexibility index (Phi) is 2.13. The van der Waals surface area contributed by atoms with E-state index in [1.807, 2.05) is 0 Å². The Balaban J connectivity index is 1.92. The summed E-state index contributed by atoms with van der Waals surface area (Å²) < 4.78 is 5.63. The molecular formula is C14H18O2. The van der Waals surface area contributed by atoms with Crippen molar-refractivity contribution >= 4 is 0 Å². The Bertz CT molecular complexity index is 403. The second-order valence-electron chi connectivity index (χ2n) is 5.26. The predicted octanol–water partition coefficient (Wildman–Crippen LogP) is 2.39. The first-order chi connectivity index (χ1) is 7.68. The van der Waals surface area contributed by atoms with Crippen molar-refractivity contribution in [3.63, 3.8) is 0 Å². The molecule has 2 aliphatic rings.